The van der Waals surface area contributed by atoms with Crippen molar-refractivity contribution < 1.29 is 4.42 Å². The number of benzene rings is 11. The van der Waals surface area contributed by atoms with Gasteiger partial charge in [0.25, 0.3) is 0 Å². The molecular weight excluding hydrogens is 727 g/mol. The Bertz CT molecular complexity index is 3580. The molecule has 280 valence electrons. The average Bonchev–Trinajstić information content (AvgIpc) is 3.72. The Hall–Kier alpha value is -7.94. The first-order chi connectivity index (χ1) is 29.7. The molecule has 0 bridgehead atoms. The lowest BCUT2D eigenvalue weighted by Gasteiger charge is -2.28. The monoisotopic (exact) mass is 763 g/mol. The summed E-state index contributed by atoms with van der Waals surface area (Å²) in [5.74, 6) is 0. The molecule has 0 radical (unpaired) electrons. The van der Waals surface area contributed by atoms with Crippen molar-refractivity contribution >= 4 is 82.1 Å². The van der Waals surface area contributed by atoms with Crippen molar-refractivity contribution in [2.45, 2.75) is 0 Å². The van der Waals surface area contributed by atoms with E-state index in [1.54, 1.807) is 0 Å². The quantitative estimate of drug-likeness (QED) is 0.157. The maximum atomic E-state index is 6.88. The number of hydrogen-bond acceptors (Lipinski definition) is 2. The van der Waals surface area contributed by atoms with E-state index in [0.717, 1.165) is 50.1 Å². The van der Waals surface area contributed by atoms with Crippen LogP contribution in [0.15, 0.2) is 229 Å². The van der Waals surface area contributed by atoms with Crippen molar-refractivity contribution in [1.29, 1.82) is 0 Å². The Kier molecular flexibility index (Phi) is 7.89. The van der Waals surface area contributed by atoms with Gasteiger partial charge in [0.15, 0.2) is 0 Å². The molecule has 12 aromatic rings. The fourth-order valence-corrected chi connectivity index (χ4v) is 9.31. The highest BCUT2D eigenvalue weighted by Crippen LogP contribution is 2.48. The molecule has 0 aliphatic carbocycles. The molecule has 2 heteroatoms. The largest absolute Gasteiger partial charge is 0.455 e. The van der Waals surface area contributed by atoms with Gasteiger partial charge < -0.3 is 9.32 Å². The maximum Gasteiger partial charge on any atom is 0.145 e. The average molecular weight is 764 g/mol. The number of hydrogen-bond donors (Lipinski definition) is 0. The summed E-state index contributed by atoms with van der Waals surface area (Å²) < 4.78 is 6.88. The highest BCUT2D eigenvalue weighted by Gasteiger charge is 2.24. The van der Waals surface area contributed by atoms with Gasteiger partial charge in [-0.1, -0.05) is 182 Å². The molecule has 0 saturated carbocycles. The molecule has 0 atom stereocenters. The van der Waals surface area contributed by atoms with Gasteiger partial charge in [0.05, 0.1) is 16.8 Å². The van der Waals surface area contributed by atoms with Crippen LogP contribution >= 0.6 is 0 Å². The summed E-state index contributed by atoms with van der Waals surface area (Å²) >= 11 is 0. The van der Waals surface area contributed by atoms with E-state index < -0.39 is 0 Å². The Morgan fingerprint density at radius 3 is 1.63 bits per heavy atom. The van der Waals surface area contributed by atoms with E-state index in [9.17, 15) is 0 Å². The van der Waals surface area contributed by atoms with Crippen LogP contribution in [-0.2, 0) is 0 Å². The topological polar surface area (TPSA) is 16.4 Å². The van der Waals surface area contributed by atoms with Crippen LogP contribution in [0.5, 0.6) is 0 Å². The highest BCUT2D eigenvalue weighted by atomic mass is 16.3. The van der Waals surface area contributed by atoms with Gasteiger partial charge in [-0.2, -0.15) is 0 Å². The first-order valence-electron chi connectivity index (χ1n) is 20.6. The standard InChI is InChI=1S/C58H37NO/c1-2-11-38(12-3-1)39-21-23-43(24-22-39)49-35-36-55(57-52-17-8-9-20-56(52)60-58(49)57)59(54-19-10-18-50-47-15-6-4-14-42(47)31-34-51(50)54)46-32-29-40(30-33-46)45-28-27-44-26-25-41-13-5-7-16-48(41)53(44)37-45/h1-37H. The number of para-hydroxylation sites is 1. The smallest absolute Gasteiger partial charge is 0.145 e. The molecule has 1 heterocycles. The summed E-state index contributed by atoms with van der Waals surface area (Å²) in [6.07, 6.45) is 0. The summed E-state index contributed by atoms with van der Waals surface area (Å²) in [5, 5.41) is 12.1. The molecule has 0 aliphatic rings. The van der Waals surface area contributed by atoms with Gasteiger partial charge in [0.2, 0.25) is 0 Å². The fourth-order valence-electron chi connectivity index (χ4n) is 9.31. The predicted molar refractivity (Wildman–Crippen MR) is 255 cm³/mol. The number of anilines is 3. The highest BCUT2D eigenvalue weighted by molar-refractivity contribution is 6.19. The molecule has 0 aliphatic heterocycles. The summed E-state index contributed by atoms with van der Waals surface area (Å²) in [4.78, 5) is 2.43. The lowest BCUT2D eigenvalue weighted by atomic mass is 9.96. The molecule has 60 heavy (non-hydrogen) atoms. The van der Waals surface area contributed by atoms with Crippen LogP contribution < -0.4 is 4.90 Å². The minimum absolute atomic E-state index is 0.866. The zero-order chi connectivity index (χ0) is 39.6. The fraction of sp³-hybridized carbons (Fsp3) is 0. The van der Waals surface area contributed by atoms with Crippen LogP contribution in [0.3, 0.4) is 0 Å². The van der Waals surface area contributed by atoms with Crippen LogP contribution in [0.25, 0.3) is 98.4 Å². The number of furan rings is 1. The van der Waals surface area contributed by atoms with Gasteiger partial charge in [-0.3, -0.25) is 0 Å². The minimum atomic E-state index is 0.866. The van der Waals surface area contributed by atoms with Crippen LogP contribution in [-0.4, -0.2) is 0 Å². The Morgan fingerprint density at radius 1 is 0.300 bits per heavy atom. The predicted octanol–water partition coefficient (Wildman–Crippen LogP) is 16.7. The third kappa shape index (κ3) is 5.57. The lowest BCUT2D eigenvalue weighted by molar-refractivity contribution is 0.670. The van der Waals surface area contributed by atoms with Crippen LogP contribution in [0, 0.1) is 0 Å². The number of fused-ring (bicyclic) bond motifs is 9. The molecule has 12 rings (SSSR count). The second-order valence-electron chi connectivity index (χ2n) is 15.6. The normalized spacial score (nSPS) is 11.7. The lowest BCUT2D eigenvalue weighted by Crippen LogP contribution is -2.11. The SMILES string of the molecule is c1ccc(-c2ccc(-c3ccc(N(c4ccc(-c5ccc6ccc7ccccc7c6c5)cc4)c4cccc5c4ccc4ccccc45)c4c3oc3ccccc34)cc2)cc1. The minimum Gasteiger partial charge on any atom is -0.455 e. The number of rotatable bonds is 6. The van der Waals surface area contributed by atoms with E-state index in [2.05, 4.69) is 229 Å². The molecule has 1 aromatic heterocycles. The Balaban J connectivity index is 1.06. The first-order valence-corrected chi connectivity index (χ1v) is 20.6. The van der Waals surface area contributed by atoms with E-state index in [4.69, 9.17) is 4.42 Å². The molecule has 11 aromatic carbocycles. The molecule has 0 N–H and O–H groups in total. The molecule has 0 spiro atoms. The molecular formula is C58H37NO. The molecule has 0 amide bonds. The van der Waals surface area contributed by atoms with Crippen molar-refractivity contribution in [3.8, 4) is 33.4 Å². The van der Waals surface area contributed by atoms with Gasteiger partial charge in [-0.05, 0) is 108 Å². The molecule has 0 fully saturated rings. The van der Waals surface area contributed by atoms with Crippen LogP contribution in [0.4, 0.5) is 17.1 Å². The molecule has 0 unspecified atom stereocenters. The van der Waals surface area contributed by atoms with Crippen LogP contribution in [0.2, 0.25) is 0 Å². The van der Waals surface area contributed by atoms with Crippen molar-refractivity contribution in [2.75, 3.05) is 4.90 Å². The Labute approximate surface area is 347 Å². The van der Waals surface area contributed by atoms with Crippen LogP contribution in [0.1, 0.15) is 0 Å². The van der Waals surface area contributed by atoms with Crippen molar-refractivity contribution in [3.63, 3.8) is 0 Å². The zero-order valence-electron chi connectivity index (χ0n) is 32.7. The van der Waals surface area contributed by atoms with Gasteiger partial charge in [-0.15, -0.1) is 0 Å². The molecule has 0 saturated heterocycles. The summed E-state index contributed by atoms with van der Waals surface area (Å²) in [5.41, 5.74) is 11.9. The van der Waals surface area contributed by atoms with Gasteiger partial charge in [-0.25, -0.2) is 0 Å². The first kappa shape index (κ1) is 34.1. The third-order valence-electron chi connectivity index (χ3n) is 12.3. The summed E-state index contributed by atoms with van der Waals surface area (Å²) in [6.45, 7) is 0. The summed E-state index contributed by atoms with van der Waals surface area (Å²) in [7, 11) is 0. The zero-order valence-corrected chi connectivity index (χ0v) is 32.7. The maximum absolute atomic E-state index is 6.88. The summed E-state index contributed by atoms with van der Waals surface area (Å²) in [6, 6.07) is 81.2. The Morgan fingerprint density at radius 2 is 0.850 bits per heavy atom. The van der Waals surface area contributed by atoms with E-state index in [-0.39, 0.29) is 0 Å². The van der Waals surface area contributed by atoms with E-state index in [1.165, 1.54) is 65.3 Å². The second kappa shape index (κ2) is 13.9. The van der Waals surface area contributed by atoms with Crippen molar-refractivity contribution in [1.82, 2.24) is 0 Å². The third-order valence-corrected chi connectivity index (χ3v) is 12.3. The number of nitrogens with zero attached hydrogens (tertiary/aromatic N) is 1. The van der Waals surface area contributed by atoms with Crippen molar-refractivity contribution in [3.05, 3.63) is 224 Å². The van der Waals surface area contributed by atoms with Crippen molar-refractivity contribution in [2.24, 2.45) is 0 Å². The molecule has 2 nitrogen and oxygen atoms in total. The van der Waals surface area contributed by atoms with Gasteiger partial charge in [0.1, 0.15) is 11.2 Å². The van der Waals surface area contributed by atoms with E-state index >= 15 is 0 Å². The van der Waals surface area contributed by atoms with Gasteiger partial charge >= 0.3 is 0 Å². The second-order valence-corrected chi connectivity index (χ2v) is 15.6. The van der Waals surface area contributed by atoms with E-state index in [1.807, 2.05) is 0 Å². The van der Waals surface area contributed by atoms with E-state index in [0.29, 0.717) is 0 Å². The van der Waals surface area contributed by atoms with Gasteiger partial charge in [0, 0.05) is 22.0 Å².